The Balaban J connectivity index is 2.36. The molecule has 1 aromatic carbocycles. The van der Waals surface area contributed by atoms with Crippen molar-refractivity contribution in [3.8, 4) is 11.5 Å². The number of hydrogen-bond donors (Lipinski definition) is 5. The molecule has 24 heavy (non-hydrogen) atoms. The van der Waals surface area contributed by atoms with Gasteiger partial charge in [-0.15, -0.1) is 0 Å². The van der Waals surface area contributed by atoms with Gasteiger partial charge in [0, 0.05) is 12.3 Å². The van der Waals surface area contributed by atoms with Gasteiger partial charge in [-0.05, 0) is 18.2 Å². The molecule has 5 N–H and O–H groups in total. The molecule has 10 nitrogen and oxygen atoms in total. The van der Waals surface area contributed by atoms with Crippen molar-refractivity contribution in [2.45, 2.75) is 4.90 Å². The summed E-state index contributed by atoms with van der Waals surface area (Å²) in [6, 6.07) is 3.39. The number of benzene rings is 1. The molecule has 0 unspecified atom stereocenters. The molecular weight excluding hydrogens is 344 g/mol. The molecule has 2 aromatic rings. The van der Waals surface area contributed by atoms with E-state index in [0.717, 1.165) is 12.3 Å². The lowest BCUT2D eigenvalue weighted by Crippen LogP contribution is -2.14. The zero-order chi connectivity index (χ0) is 18.1. The third-order valence-corrected chi connectivity index (χ3v) is 3.73. The number of hydrogen-bond acceptors (Lipinski definition) is 7. The van der Waals surface area contributed by atoms with E-state index in [1.54, 1.807) is 0 Å². The smallest absolute Gasteiger partial charge is 0.335 e. The maximum absolute atomic E-state index is 12.0. The number of nitrogens with zero attached hydrogens (tertiary/aromatic N) is 1. The van der Waals surface area contributed by atoms with E-state index in [1.165, 1.54) is 6.07 Å². The molecule has 2 rings (SSSR count). The predicted molar refractivity (Wildman–Crippen MR) is 78.7 cm³/mol. The van der Waals surface area contributed by atoms with E-state index in [2.05, 4.69) is 10.3 Å². The fourth-order valence-corrected chi connectivity index (χ4v) is 2.35. The van der Waals surface area contributed by atoms with Gasteiger partial charge in [0.25, 0.3) is 16.0 Å². The molecule has 0 radical (unpaired) electrons. The van der Waals surface area contributed by atoms with Gasteiger partial charge in [0.05, 0.1) is 11.1 Å². The highest BCUT2D eigenvalue weighted by Crippen LogP contribution is 2.30. The van der Waals surface area contributed by atoms with Crippen LogP contribution in [0.2, 0.25) is 0 Å². The number of phenols is 2. The molecule has 0 atom stereocenters. The zero-order valence-electron chi connectivity index (χ0n) is 11.7. The summed E-state index contributed by atoms with van der Waals surface area (Å²) in [6.07, 6.45) is 1.14. The van der Waals surface area contributed by atoms with Crippen LogP contribution in [0.5, 0.6) is 11.5 Å². The summed E-state index contributed by atoms with van der Waals surface area (Å²) in [4.78, 5) is 25.6. The van der Waals surface area contributed by atoms with Crippen LogP contribution < -0.4 is 5.32 Å². The first-order chi connectivity index (χ1) is 11.1. The molecule has 1 amide bonds. The van der Waals surface area contributed by atoms with Gasteiger partial charge in [-0.3, -0.25) is 9.35 Å². The van der Waals surface area contributed by atoms with Crippen LogP contribution in [-0.4, -0.2) is 45.2 Å². The maximum atomic E-state index is 12.0. The lowest BCUT2D eigenvalue weighted by atomic mass is 10.1. The minimum Gasteiger partial charge on any atom is -0.507 e. The van der Waals surface area contributed by atoms with Gasteiger partial charge in [-0.25, -0.2) is 9.78 Å². The van der Waals surface area contributed by atoms with Crippen molar-refractivity contribution < 1.29 is 37.9 Å². The molecule has 11 heteroatoms. The summed E-state index contributed by atoms with van der Waals surface area (Å²) in [5.74, 6) is -4.15. The van der Waals surface area contributed by atoms with E-state index < -0.39 is 44.0 Å². The Hall–Kier alpha value is -3.18. The lowest BCUT2D eigenvalue weighted by Gasteiger charge is -2.09. The van der Waals surface area contributed by atoms with Crippen LogP contribution in [0.1, 0.15) is 20.7 Å². The Kier molecular flexibility index (Phi) is 4.39. The van der Waals surface area contributed by atoms with Crippen LogP contribution in [0.15, 0.2) is 35.4 Å². The van der Waals surface area contributed by atoms with Crippen LogP contribution in [-0.2, 0) is 10.1 Å². The maximum Gasteiger partial charge on any atom is 0.335 e. The van der Waals surface area contributed by atoms with E-state index >= 15 is 0 Å². The molecular formula is C13H10N2O8S. The number of rotatable bonds is 4. The Morgan fingerprint density at radius 2 is 1.75 bits per heavy atom. The van der Waals surface area contributed by atoms with Gasteiger partial charge in [-0.1, -0.05) is 0 Å². The number of nitrogens with one attached hydrogen (secondary N) is 1. The largest absolute Gasteiger partial charge is 0.507 e. The number of aromatic nitrogens is 1. The third kappa shape index (κ3) is 3.59. The molecule has 0 aliphatic heterocycles. The van der Waals surface area contributed by atoms with Gasteiger partial charge < -0.3 is 20.6 Å². The van der Waals surface area contributed by atoms with Crippen molar-refractivity contribution in [2.75, 3.05) is 5.32 Å². The summed E-state index contributed by atoms with van der Waals surface area (Å²) < 4.78 is 30.9. The summed E-state index contributed by atoms with van der Waals surface area (Å²) in [5.41, 5.74) is -0.656. The first kappa shape index (κ1) is 17.2. The molecule has 1 aromatic heterocycles. The van der Waals surface area contributed by atoms with Crippen LogP contribution in [0.4, 0.5) is 5.82 Å². The molecule has 0 saturated carbocycles. The third-order valence-electron chi connectivity index (χ3n) is 2.85. The highest BCUT2D eigenvalue weighted by molar-refractivity contribution is 7.86. The first-order valence-corrected chi connectivity index (χ1v) is 7.58. The summed E-state index contributed by atoms with van der Waals surface area (Å²) in [6.45, 7) is 0. The fraction of sp³-hybridized carbons (Fsp3) is 0. The van der Waals surface area contributed by atoms with E-state index in [4.69, 9.17) is 9.66 Å². The van der Waals surface area contributed by atoms with Gasteiger partial charge in [0.1, 0.15) is 22.2 Å². The Morgan fingerprint density at radius 3 is 2.33 bits per heavy atom. The predicted octanol–water partition coefficient (Wildman–Crippen LogP) is 0.690. The standard InChI is InChI=1S/C13H10N2O8S/c16-8-5-10(24(21,22)23)9(17)4-7(8)12(18)15-11-3-6(13(19)20)1-2-14-11/h1-5,16-17H,(H,19,20)(H,14,15,18)(H,21,22,23). The second-order valence-electron chi connectivity index (χ2n) is 4.50. The second kappa shape index (κ2) is 6.14. The second-order valence-corrected chi connectivity index (χ2v) is 5.89. The number of carboxylic acid groups (broad SMARTS) is 1. The van der Waals surface area contributed by atoms with Crippen molar-refractivity contribution >= 4 is 27.8 Å². The molecule has 1 heterocycles. The molecule has 0 bridgehead atoms. The van der Waals surface area contributed by atoms with Crippen LogP contribution in [0.3, 0.4) is 0 Å². The molecule has 0 fully saturated rings. The number of anilines is 1. The summed E-state index contributed by atoms with van der Waals surface area (Å²) in [7, 11) is -4.79. The SMILES string of the molecule is O=C(O)c1ccnc(NC(=O)c2cc(O)c(S(=O)(=O)O)cc2O)c1. The van der Waals surface area contributed by atoms with Crippen molar-refractivity contribution in [1.82, 2.24) is 4.98 Å². The highest BCUT2D eigenvalue weighted by Gasteiger charge is 2.22. The number of amides is 1. The number of carbonyl (C=O) groups excluding carboxylic acids is 1. The topological polar surface area (TPSA) is 174 Å². The van der Waals surface area contributed by atoms with E-state index in [1.807, 2.05) is 0 Å². The highest BCUT2D eigenvalue weighted by atomic mass is 32.2. The average molecular weight is 354 g/mol. The molecule has 0 spiro atoms. The van der Waals surface area contributed by atoms with Gasteiger partial charge in [-0.2, -0.15) is 8.42 Å². The normalized spacial score (nSPS) is 11.0. The number of carbonyl (C=O) groups is 2. The molecule has 0 aliphatic rings. The Morgan fingerprint density at radius 1 is 1.08 bits per heavy atom. The van der Waals surface area contributed by atoms with E-state index in [-0.39, 0.29) is 11.4 Å². The van der Waals surface area contributed by atoms with E-state index in [0.29, 0.717) is 12.1 Å². The van der Waals surface area contributed by atoms with Crippen molar-refractivity contribution in [2.24, 2.45) is 0 Å². The summed E-state index contributed by atoms with van der Waals surface area (Å²) in [5, 5.41) is 30.3. The van der Waals surface area contributed by atoms with Crippen molar-refractivity contribution in [3.05, 3.63) is 41.6 Å². The quantitative estimate of drug-likeness (QED) is 0.391. The van der Waals surface area contributed by atoms with Crippen molar-refractivity contribution in [3.63, 3.8) is 0 Å². The fourth-order valence-electron chi connectivity index (χ4n) is 1.76. The lowest BCUT2D eigenvalue weighted by molar-refractivity contribution is 0.0696. The Bertz CT molecular complexity index is 939. The molecule has 0 saturated heterocycles. The van der Waals surface area contributed by atoms with E-state index in [9.17, 15) is 28.2 Å². The Labute approximate surface area is 134 Å². The van der Waals surface area contributed by atoms with Crippen molar-refractivity contribution in [1.29, 1.82) is 0 Å². The minimum absolute atomic E-state index is 0.141. The number of aromatic hydroxyl groups is 2. The number of aromatic carboxylic acids is 1. The number of phenolic OH excluding ortho intramolecular Hbond substituents is 2. The monoisotopic (exact) mass is 354 g/mol. The molecule has 126 valence electrons. The van der Waals surface area contributed by atoms with Gasteiger partial charge in [0.15, 0.2) is 0 Å². The summed E-state index contributed by atoms with van der Waals surface area (Å²) >= 11 is 0. The van der Waals surface area contributed by atoms with Crippen LogP contribution in [0, 0.1) is 0 Å². The minimum atomic E-state index is -4.79. The zero-order valence-corrected chi connectivity index (χ0v) is 12.5. The number of pyridine rings is 1. The van der Waals surface area contributed by atoms with Gasteiger partial charge in [0.2, 0.25) is 0 Å². The van der Waals surface area contributed by atoms with Crippen LogP contribution >= 0.6 is 0 Å². The first-order valence-electron chi connectivity index (χ1n) is 6.13. The molecule has 0 aliphatic carbocycles. The number of carboxylic acids is 1. The average Bonchev–Trinajstić information content (AvgIpc) is 2.48. The van der Waals surface area contributed by atoms with Gasteiger partial charge >= 0.3 is 5.97 Å². The van der Waals surface area contributed by atoms with Crippen LogP contribution in [0.25, 0.3) is 0 Å².